The van der Waals surface area contributed by atoms with Crippen molar-refractivity contribution >= 4 is 11.5 Å². The van der Waals surface area contributed by atoms with Gasteiger partial charge in [0.05, 0.1) is 17.2 Å². The fourth-order valence-corrected chi connectivity index (χ4v) is 4.21. The summed E-state index contributed by atoms with van der Waals surface area (Å²) in [5.41, 5.74) is 3.19. The van der Waals surface area contributed by atoms with Gasteiger partial charge in [-0.25, -0.2) is 9.67 Å². The number of amides is 1. The lowest BCUT2D eigenvalue weighted by atomic mass is 10.0. The van der Waals surface area contributed by atoms with Gasteiger partial charge in [0.25, 0.3) is 11.5 Å². The maximum atomic E-state index is 13.1. The summed E-state index contributed by atoms with van der Waals surface area (Å²) in [5, 5.41) is 12.1. The van der Waals surface area contributed by atoms with Crippen LogP contribution in [-0.4, -0.2) is 63.2 Å². The Bertz CT molecular complexity index is 1210. The first-order valence-corrected chi connectivity index (χ1v) is 11.3. The maximum absolute atomic E-state index is 13.1. The van der Waals surface area contributed by atoms with Crippen molar-refractivity contribution in [1.82, 2.24) is 24.6 Å². The van der Waals surface area contributed by atoms with Gasteiger partial charge in [-0.05, 0) is 50.1 Å². The highest BCUT2D eigenvalue weighted by Crippen LogP contribution is 2.24. The van der Waals surface area contributed by atoms with Crippen molar-refractivity contribution in [3.8, 4) is 11.9 Å². The summed E-state index contributed by atoms with van der Waals surface area (Å²) in [6.07, 6.45) is 10.3. The predicted octanol–water partition coefficient (Wildman–Crippen LogP) is 2.91. The number of aromatic amines is 1. The fourth-order valence-electron chi connectivity index (χ4n) is 4.21. The van der Waals surface area contributed by atoms with Crippen LogP contribution >= 0.6 is 0 Å². The monoisotopic (exact) mass is 444 g/mol. The number of H-pyrrole nitrogens is 1. The molecule has 4 rings (SSSR count). The Morgan fingerprint density at radius 2 is 2.00 bits per heavy atom. The van der Waals surface area contributed by atoms with E-state index in [0.29, 0.717) is 42.0 Å². The second-order valence-corrected chi connectivity index (χ2v) is 8.37. The van der Waals surface area contributed by atoms with E-state index < -0.39 is 0 Å². The predicted molar refractivity (Wildman–Crippen MR) is 127 cm³/mol. The zero-order chi connectivity index (χ0) is 23.4. The van der Waals surface area contributed by atoms with Gasteiger partial charge in [0.1, 0.15) is 0 Å². The topological polar surface area (TPSA) is 98.0 Å². The summed E-state index contributed by atoms with van der Waals surface area (Å²) >= 11 is 0. The molecule has 0 radical (unpaired) electrons. The van der Waals surface area contributed by atoms with Gasteiger partial charge in [-0.2, -0.15) is 5.26 Å². The lowest BCUT2D eigenvalue weighted by Crippen LogP contribution is -2.48. The molecule has 1 amide bonds. The molecule has 8 nitrogen and oxygen atoms in total. The molecule has 33 heavy (non-hydrogen) atoms. The largest absolute Gasteiger partial charge is 0.336 e. The number of piperazine rings is 1. The second-order valence-electron chi connectivity index (χ2n) is 8.37. The minimum atomic E-state index is -0.229. The molecular weight excluding hydrogens is 416 g/mol. The Labute approximate surface area is 193 Å². The highest BCUT2D eigenvalue weighted by atomic mass is 16.2. The smallest absolute Gasteiger partial charge is 0.280 e. The van der Waals surface area contributed by atoms with E-state index in [-0.39, 0.29) is 11.5 Å². The van der Waals surface area contributed by atoms with E-state index in [1.165, 1.54) is 10.9 Å². The first-order valence-electron chi connectivity index (χ1n) is 11.3. The molecule has 8 heteroatoms. The average molecular weight is 445 g/mol. The standard InChI is InChI=1S/C25H28N6O2/c1-3-10-29-11-13-30(14-12-29)24(32)20-7-9-23(27-16-20)31-25(33)22(17-28-31)21-8-6-19(15-26)5-4-18(21)2/h5-9,16-17,28H,3-4,10-14H2,1-2H3. The van der Waals surface area contributed by atoms with Crippen LogP contribution in [0.3, 0.4) is 0 Å². The molecule has 1 aliphatic carbocycles. The third-order valence-corrected chi connectivity index (χ3v) is 6.13. The molecule has 1 fully saturated rings. The summed E-state index contributed by atoms with van der Waals surface area (Å²) in [6.45, 7) is 8.38. The number of hydrogen-bond donors (Lipinski definition) is 1. The normalized spacial score (nSPS) is 17.0. The number of nitriles is 1. The first kappa shape index (κ1) is 22.5. The van der Waals surface area contributed by atoms with Crippen molar-refractivity contribution in [3.63, 3.8) is 0 Å². The molecule has 2 aliphatic rings. The highest BCUT2D eigenvalue weighted by Gasteiger charge is 2.22. The number of nitrogens with zero attached hydrogens (tertiary/aromatic N) is 5. The van der Waals surface area contributed by atoms with Crippen molar-refractivity contribution in [2.24, 2.45) is 0 Å². The minimum Gasteiger partial charge on any atom is -0.336 e. The number of aromatic nitrogens is 3. The lowest BCUT2D eigenvalue weighted by molar-refractivity contribution is 0.0637. The van der Waals surface area contributed by atoms with Crippen molar-refractivity contribution in [2.75, 3.05) is 32.7 Å². The first-order chi connectivity index (χ1) is 16.0. The highest BCUT2D eigenvalue weighted by molar-refractivity contribution is 5.94. The quantitative estimate of drug-likeness (QED) is 0.765. The van der Waals surface area contributed by atoms with E-state index in [4.69, 9.17) is 5.26 Å². The molecule has 0 atom stereocenters. The van der Waals surface area contributed by atoms with Gasteiger partial charge in [-0.15, -0.1) is 0 Å². The van der Waals surface area contributed by atoms with Crippen LogP contribution < -0.4 is 5.56 Å². The zero-order valence-electron chi connectivity index (χ0n) is 19.0. The molecule has 1 saturated heterocycles. The van der Waals surface area contributed by atoms with E-state index in [1.807, 2.05) is 24.0 Å². The van der Waals surface area contributed by atoms with E-state index >= 15 is 0 Å². The molecule has 1 N–H and O–H groups in total. The van der Waals surface area contributed by atoms with Crippen molar-refractivity contribution in [1.29, 1.82) is 5.26 Å². The Balaban J connectivity index is 1.51. The SMILES string of the molecule is CCCN1CCN(C(=O)c2ccc(-n3[nH]cc(C4=C(C)CC=C(C#N)C=C4)c3=O)nc2)CC1. The van der Waals surface area contributed by atoms with Crippen molar-refractivity contribution < 1.29 is 4.79 Å². The zero-order valence-corrected chi connectivity index (χ0v) is 19.0. The van der Waals surface area contributed by atoms with E-state index in [0.717, 1.165) is 37.2 Å². The van der Waals surface area contributed by atoms with Gasteiger partial charge in [0.2, 0.25) is 0 Å². The van der Waals surface area contributed by atoms with Crippen LogP contribution in [0.25, 0.3) is 11.4 Å². The molecule has 0 bridgehead atoms. The Hall–Kier alpha value is -3.70. The van der Waals surface area contributed by atoms with Crippen LogP contribution in [-0.2, 0) is 0 Å². The summed E-state index contributed by atoms with van der Waals surface area (Å²) in [4.78, 5) is 34.6. The molecule has 0 aromatic carbocycles. The number of carbonyl (C=O) groups is 1. The number of rotatable bonds is 5. The van der Waals surface area contributed by atoms with Gasteiger partial charge in [0.15, 0.2) is 5.82 Å². The number of nitrogens with one attached hydrogen (secondary N) is 1. The van der Waals surface area contributed by atoms with Gasteiger partial charge < -0.3 is 4.90 Å². The molecule has 0 spiro atoms. The number of carbonyl (C=O) groups excluding carboxylic acids is 1. The average Bonchev–Trinajstić information content (AvgIpc) is 3.11. The van der Waals surface area contributed by atoms with Gasteiger partial charge in [-0.3, -0.25) is 19.6 Å². The summed E-state index contributed by atoms with van der Waals surface area (Å²) < 4.78 is 1.37. The molecule has 2 aromatic heterocycles. The molecule has 170 valence electrons. The van der Waals surface area contributed by atoms with E-state index in [1.54, 1.807) is 24.4 Å². The Morgan fingerprint density at radius 1 is 1.21 bits per heavy atom. The van der Waals surface area contributed by atoms with Crippen molar-refractivity contribution in [3.05, 3.63) is 75.4 Å². The molecule has 3 heterocycles. The van der Waals surface area contributed by atoms with Crippen LogP contribution in [0, 0.1) is 11.3 Å². The van der Waals surface area contributed by atoms with Gasteiger partial charge in [-0.1, -0.05) is 24.6 Å². The van der Waals surface area contributed by atoms with E-state index in [9.17, 15) is 9.59 Å². The molecule has 1 aliphatic heterocycles. The number of allylic oxidation sites excluding steroid dienone is 6. The summed E-state index contributed by atoms with van der Waals surface area (Å²) in [5.74, 6) is 0.386. The maximum Gasteiger partial charge on any atom is 0.280 e. The minimum absolute atomic E-state index is 0.0325. The van der Waals surface area contributed by atoms with Crippen LogP contribution in [0.15, 0.2) is 58.7 Å². The Kier molecular flexibility index (Phi) is 6.71. The third kappa shape index (κ3) is 4.73. The number of hydrogen-bond acceptors (Lipinski definition) is 5. The molecular formula is C25H28N6O2. The Morgan fingerprint density at radius 3 is 2.67 bits per heavy atom. The van der Waals surface area contributed by atoms with E-state index in [2.05, 4.69) is 28.0 Å². The number of pyridine rings is 1. The summed E-state index contributed by atoms with van der Waals surface area (Å²) in [6, 6.07) is 5.54. The van der Waals surface area contributed by atoms with Gasteiger partial charge in [0, 0.05) is 44.1 Å². The second kappa shape index (κ2) is 9.84. The van der Waals surface area contributed by atoms with Crippen LogP contribution in [0.5, 0.6) is 0 Å². The lowest BCUT2D eigenvalue weighted by Gasteiger charge is -2.34. The molecule has 2 aromatic rings. The molecule has 0 saturated carbocycles. The fraction of sp³-hybridized carbons (Fsp3) is 0.360. The van der Waals surface area contributed by atoms with Gasteiger partial charge >= 0.3 is 0 Å². The van der Waals surface area contributed by atoms with Crippen LogP contribution in [0.2, 0.25) is 0 Å². The summed E-state index contributed by atoms with van der Waals surface area (Å²) in [7, 11) is 0. The van der Waals surface area contributed by atoms with Crippen molar-refractivity contribution in [2.45, 2.75) is 26.7 Å². The third-order valence-electron chi connectivity index (χ3n) is 6.13. The van der Waals surface area contributed by atoms with Crippen LogP contribution in [0.4, 0.5) is 0 Å². The van der Waals surface area contributed by atoms with Crippen LogP contribution in [0.1, 0.15) is 42.6 Å². The molecule has 0 unspecified atom stereocenters.